The van der Waals surface area contributed by atoms with Crippen molar-refractivity contribution in [2.75, 3.05) is 18.8 Å². The average Bonchev–Trinajstić information content (AvgIpc) is 2.54. The van der Waals surface area contributed by atoms with Crippen molar-refractivity contribution < 1.29 is 5.48 Å². The van der Waals surface area contributed by atoms with Gasteiger partial charge in [-0.05, 0) is 43.1 Å². The first-order valence-electron chi connectivity index (χ1n) is 6.14. The van der Waals surface area contributed by atoms with Crippen LogP contribution in [0.15, 0.2) is 18.2 Å². The Balaban J connectivity index is 0.00000120. The molecule has 4 nitrogen and oxygen atoms in total. The number of nitrogens with zero attached hydrogens (tertiary/aromatic N) is 1. The van der Waals surface area contributed by atoms with Gasteiger partial charge in [-0.15, -0.1) is 24.8 Å². The van der Waals surface area contributed by atoms with Crippen molar-refractivity contribution in [2.24, 2.45) is 0 Å². The largest absolute Gasteiger partial charge is 0.412 e. The molecule has 2 heterocycles. The van der Waals surface area contributed by atoms with Gasteiger partial charge in [0.25, 0.3) is 0 Å². The molecule has 0 aliphatic carbocycles. The molecule has 1 aliphatic heterocycles. The van der Waals surface area contributed by atoms with Gasteiger partial charge in [0.1, 0.15) is 0 Å². The van der Waals surface area contributed by atoms with E-state index < -0.39 is 0 Å². The Morgan fingerprint density at radius 1 is 1.15 bits per heavy atom. The molecule has 2 aromatic rings. The Kier molecular flexibility index (Phi) is 7.23. The Hall–Kier alpha value is -1.07. The number of pyridine rings is 1. The van der Waals surface area contributed by atoms with Crippen LogP contribution in [-0.2, 0) is 12.8 Å². The van der Waals surface area contributed by atoms with Crippen molar-refractivity contribution in [3.8, 4) is 0 Å². The topological polar surface area (TPSA) is 82.4 Å². The van der Waals surface area contributed by atoms with Crippen LogP contribution in [0.4, 0.5) is 5.69 Å². The minimum Gasteiger partial charge on any atom is -0.412 e. The summed E-state index contributed by atoms with van der Waals surface area (Å²) in [6, 6.07) is 5.99. The number of rotatable bonds is 0. The number of nitrogens with two attached hydrogens (primary N) is 1. The van der Waals surface area contributed by atoms with E-state index in [2.05, 4.69) is 18.3 Å². The van der Waals surface area contributed by atoms with E-state index in [0.29, 0.717) is 0 Å². The van der Waals surface area contributed by atoms with E-state index in [0.717, 1.165) is 42.5 Å². The number of nitrogen functional groups attached to an aromatic ring is 1. The second-order valence-electron chi connectivity index (χ2n) is 4.65. The van der Waals surface area contributed by atoms with Crippen molar-refractivity contribution in [1.82, 2.24) is 10.3 Å². The Morgan fingerprint density at radius 2 is 1.85 bits per heavy atom. The summed E-state index contributed by atoms with van der Waals surface area (Å²) in [5.41, 5.74) is 11.9. The molecule has 0 bridgehead atoms. The van der Waals surface area contributed by atoms with E-state index in [1.165, 1.54) is 16.8 Å². The average molecular weight is 318 g/mol. The van der Waals surface area contributed by atoms with Gasteiger partial charge in [-0.1, -0.05) is 6.07 Å². The van der Waals surface area contributed by atoms with Gasteiger partial charge in [-0.3, -0.25) is 4.98 Å². The molecule has 1 aromatic heterocycles. The molecule has 6 heteroatoms. The van der Waals surface area contributed by atoms with Crippen LogP contribution in [0, 0.1) is 6.92 Å². The third kappa shape index (κ3) is 3.15. The highest BCUT2D eigenvalue weighted by molar-refractivity contribution is 5.94. The quantitative estimate of drug-likeness (QED) is 0.727. The molecule has 0 saturated carbocycles. The summed E-state index contributed by atoms with van der Waals surface area (Å²) in [4.78, 5) is 4.78. The number of aryl methyl sites for hydroxylation is 1. The minimum atomic E-state index is 0. The van der Waals surface area contributed by atoms with Gasteiger partial charge in [0.2, 0.25) is 0 Å². The lowest BCUT2D eigenvalue weighted by atomic mass is 9.97. The van der Waals surface area contributed by atoms with Gasteiger partial charge in [0.05, 0.1) is 5.52 Å². The summed E-state index contributed by atoms with van der Waals surface area (Å²) < 4.78 is 0. The standard InChI is InChI=1S/C14H17N3.2ClH.H2O/c1-9-10-5-7-16-8-6-12(10)17-13-4-2-3-11(15)14(9)13;;;/h2-4,16H,5-8,15H2,1H3;2*1H;1H2. The van der Waals surface area contributed by atoms with Gasteiger partial charge in [0, 0.05) is 29.7 Å². The molecule has 0 unspecified atom stereocenters. The number of benzene rings is 1. The van der Waals surface area contributed by atoms with Crippen LogP contribution < -0.4 is 11.1 Å². The molecule has 5 N–H and O–H groups in total. The molecule has 0 fully saturated rings. The smallest absolute Gasteiger partial charge is 0.0728 e. The highest BCUT2D eigenvalue weighted by atomic mass is 35.5. The Bertz CT molecular complexity index is 590. The zero-order valence-electron chi connectivity index (χ0n) is 11.4. The van der Waals surface area contributed by atoms with E-state index >= 15 is 0 Å². The van der Waals surface area contributed by atoms with Crippen LogP contribution in [0.2, 0.25) is 0 Å². The molecule has 1 aliphatic rings. The Labute approximate surface area is 131 Å². The summed E-state index contributed by atoms with van der Waals surface area (Å²) in [7, 11) is 0. The van der Waals surface area contributed by atoms with Gasteiger partial charge in [0.15, 0.2) is 0 Å². The fourth-order valence-corrected chi connectivity index (χ4v) is 2.72. The van der Waals surface area contributed by atoms with Crippen molar-refractivity contribution >= 4 is 41.4 Å². The van der Waals surface area contributed by atoms with Gasteiger partial charge in [-0.25, -0.2) is 0 Å². The predicted octanol–water partition coefficient (Wildman–Crippen LogP) is 1.83. The second-order valence-corrected chi connectivity index (χ2v) is 4.65. The first-order valence-corrected chi connectivity index (χ1v) is 6.14. The molecule has 20 heavy (non-hydrogen) atoms. The molecule has 0 spiro atoms. The summed E-state index contributed by atoms with van der Waals surface area (Å²) in [5, 5.41) is 4.55. The van der Waals surface area contributed by atoms with Crippen LogP contribution >= 0.6 is 24.8 Å². The van der Waals surface area contributed by atoms with Crippen LogP contribution in [0.25, 0.3) is 10.9 Å². The van der Waals surface area contributed by atoms with Crippen LogP contribution in [0.5, 0.6) is 0 Å². The summed E-state index contributed by atoms with van der Waals surface area (Å²) in [6.07, 6.45) is 2.07. The van der Waals surface area contributed by atoms with Crippen molar-refractivity contribution in [3.05, 3.63) is 35.0 Å². The number of halogens is 2. The summed E-state index contributed by atoms with van der Waals surface area (Å²) >= 11 is 0. The van der Waals surface area contributed by atoms with Crippen molar-refractivity contribution in [1.29, 1.82) is 0 Å². The molecule has 0 amide bonds. The SMILES string of the molecule is Cc1c2c(nc3cccc(N)c13)CCNCC2.Cl.Cl.O. The molecule has 0 radical (unpaired) electrons. The first kappa shape index (κ1) is 18.9. The lowest BCUT2D eigenvalue weighted by Crippen LogP contribution is -2.16. The van der Waals surface area contributed by atoms with E-state index in [9.17, 15) is 0 Å². The molecule has 112 valence electrons. The summed E-state index contributed by atoms with van der Waals surface area (Å²) in [5.74, 6) is 0. The lowest BCUT2D eigenvalue weighted by molar-refractivity contribution is 0.708. The zero-order valence-corrected chi connectivity index (χ0v) is 13.0. The number of fused-ring (bicyclic) bond motifs is 2. The first-order chi connectivity index (χ1) is 8.27. The van der Waals surface area contributed by atoms with E-state index in [-0.39, 0.29) is 30.3 Å². The van der Waals surface area contributed by atoms with Gasteiger partial charge in [-0.2, -0.15) is 0 Å². The van der Waals surface area contributed by atoms with Crippen molar-refractivity contribution in [3.63, 3.8) is 0 Å². The van der Waals surface area contributed by atoms with Gasteiger partial charge >= 0.3 is 0 Å². The number of anilines is 1. The fourth-order valence-electron chi connectivity index (χ4n) is 2.72. The molecule has 0 saturated heterocycles. The Morgan fingerprint density at radius 3 is 2.60 bits per heavy atom. The predicted molar refractivity (Wildman–Crippen MR) is 89.3 cm³/mol. The minimum absolute atomic E-state index is 0. The third-order valence-electron chi connectivity index (χ3n) is 3.60. The normalized spacial score (nSPS) is 13.2. The molecule has 1 aromatic carbocycles. The van der Waals surface area contributed by atoms with Crippen molar-refractivity contribution in [2.45, 2.75) is 19.8 Å². The molecule has 3 rings (SSSR count). The van der Waals surface area contributed by atoms with E-state index in [1.807, 2.05) is 12.1 Å². The van der Waals surface area contributed by atoms with Gasteiger partial charge < -0.3 is 16.5 Å². The molecule has 0 atom stereocenters. The van der Waals surface area contributed by atoms with Crippen LogP contribution in [0.1, 0.15) is 16.8 Å². The monoisotopic (exact) mass is 317 g/mol. The fraction of sp³-hybridized carbons (Fsp3) is 0.357. The van der Waals surface area contributed by atoms with E-state index in [4.69, 9.17) is 10.7 Å². The lowest BCUT2D eigenvalue weighted by Gasteiger charge is -2.13. The highest BCUT2D eigenvalue weighted by Crippen LogP contribution is 2.28. The number of hydrogen-bond acceptors (Lipinski definition) is 3. The number of hydrogen-bond donors (Lipinski definition) is 2. The van der Waals surface area contributed by atoms with Crippen LogP contribution in [-0.4, -0.2) is 23.5 Å². The second kappa shape index (κ2) is 7.64. The zero-order chi connectivity index (χ0) is 11.8. The maximum absolute atomic E-state index is 6.07. The van der Waals surface area contributed by atoms with E-state index in [1.54, 1.807) is 0 Å². The highest BCUT2D eigenvalue weighted by Gasteiger charge is 2.15. The molecular formula is C14H21Cl2N3O. The summed E-state index contributed by atoms with van der Waals surface area (Å²) in [6.45, 7) is 4.23. The van der Waals surface area contributed by atoms with Crippen LogP contribution in [0.3, 0.4) is 0 Å². The third-order valence-corrected chi connectivity index (χ3v) is 3.60. The number of nitrogens with one attached hydrogen (secondary N) is 1. The number of aromatic nitrogens is 1. The maximum Gasteiger partial charge on any atom is 0.0728 e. The maximum atomic E-state index is 6.07. The molecular weight excluding hydrogens is 297 g/mol.